The van der Waals surface area contributed by atoms with Crippen molar-refractivity contribution in [2.45, 2.75) is 111 Å². The fourth-order valence-electron chi connectivity index (χ4n) is 6.55. The Morgan fingerprint density at radius 2 is 1.66 bits per heavy atom. The van der Waals surface area contributed by atoms with Gasteiger partial charge in [0.2, 0.25) is 5.91 Å². The van der Waals surface area contributed by atoms with Crippen LogP contribution >= 0.6 is 11.6 Å². The minimum absolute atomic E-state index is 0.0464. The van der Waals surface area contributed by atoms with Crippen molar-refractivity contribution in [1.29, 1.82) is 0 Å². The van der Waals surface area contributed by atoms with Crippen LogP contribution < -0.4 is 10.1 Å². The van der Waals surface area contributed by atoms with Crippen LogP contribution in [0.1, 0.15) is 109 Å². The number of methoxy groups -OCH3 is 2. The van der Waals surface area contributed by atoms with Crippen LogP contribution in [0.4, 0.5) is 18.0 Å². The number of alkyl halides is 3. The number of benzene rings is 2. The lowest BCUT2D eigenvalue weighted by molar-refractivity contribution is -0.137. The molecular weight excluding hydrogens is 783 g/mol. The molecule has 1 aliphatic rings. The Morgan fingerprint density at radius 3 is 2.17 bits per heavy atom. The molecule has 0 saturated carbocycles. The first-order chi connectivity index (χ1) is 28.1. The summed E-state index contributed by atoms with van der Waals surface area (Å²) in [6.07, 6.45) is 5.21. The quantitative estimate of drug-likeness (QED) is 0.0829. The number of piperidine rings is 1. The average molecular weight is 851 g/mol. The lowest BCUT2D eigenvalue weighted by Crippen LogP contribution is -2.53. The summed E-state index contributed by atoms with van der Waals surface area (Å²) in [5.41, 5.74) is 1.13. The van der Waals surface area contributed by atoms with Crippen molar-refractivity contribution in [3.63, 3.8) is 0 Å². The topological polar surface area (TPSA) is 101 Å². The maximum atomic E-state index is 14.9. The molecule has 2 aromatic rings. The summed E-state index contributed by atoms with van der Waals surface area (Å²) in [7, 11) is 3.34. The van der Waals surface area contributed by atoms with Gasteiger partial charge in [-0.25, -0.2) is 4.79 Å². The third kappa shape index (κ3) is 17.9. The number of carbonyl (C=O) groups is 2. The molecule has 0 radical (unpaired) electrons. The number of ether oxygens (including phenoxy) is 3. The standard InChI is InChI=1S/C40H51ClF3N3O5.C4H10O.C2H6/c1-7-30(13-11-12-27(3)41)38(28(4)31-15-18-34(48)19-16-31)47(29(5)35-20-17-32(40(42,43)44)26-36(35)52-8-2)39(50)46-23-21-33(22-24-46)45-37(49)14-9-10-25-51-6;1-3-4-5-2;1-2/h7,11-12,15-20,26,28,33,38,48H,3,5,8-10,13-14,21-25H2,1-2,4,6H3,(H,45,49);3-4H2,1-2H3;1-2H3/b12-11-,30-7+;;. The number of carbonyl (C=O) groups excluding carboxylic acids is 2. The second kappa shape index (κ2) is 28.3. The summed E-state index contributed by atoms with van der Waals surface area (Å²) in [5, 5.41) is 13.5. The van der Waals surface area contributed by atoms with Crippen LogP contribution in [-0.4, -0.2) is 86.1 Å². The van der Waals surface area contributed by atoms with Gasteiger partial charge in [-0.05, 0) is 99.9 Å². The van der Waals surface area contributed by atoms with Crippen LogP contribution in [0.2, 0.25) is 0 Å². The Kier molecular flexibility index (Phi) is 25.3. The van der Waals surface area contributed by atoms with Gasteiger partial charge in [0.05, 0.1) is 18.2 Å². The smallest absolute Gasteiger partial charge is 0.416 e. The van der Waals surface area contributed by atoms with E-state index in [9.17, 15) is 27.9 Å². The van der Waals surface area contributed by atoms with Gasteiger partial charge >= 0.3 is 12.2 Å². The molecule has 330 valence electrons. The van der Waals surface area contributed by atoms with E-state index in [2.05, 4.69) is 25.4 Å². The Bertz CT molecular complexity index is 1640. The third-order valence-electron chi connectivity index (χ3n) is 9.53. The first-order valence-corrected chi connectivity index (χ1v) is 20.8. The molecule has 1 aliphatic heterocycles. The number of amides is 3. The highest BCUT2D eigenvalue weighted by Crippen LogP contribution is 2.41. The summed E-state index contributed by atoms with van der Waals surface area (Å²) in [4.78, 5) is 30.8. The second-order valence-corrected chi connectivity index (χ2v) is 14.2. The van der Waals surface area contributed by atoms with E-state index in [-0.39, 0.29) is 47.2 Å². The van der Waals surface area contributed by atoms with E-state index in [0.29, 0.717) is 56.8 Å². The first-order valence-electron chi connectivity index (χ1n) is 20.5. The monoisotopic (exact) mass is 849 g/mol. The SMILES string of the molecule is C=C(Cl)/C=C\C/C(=C\C)C(C(C)c1ccc(O)cc1)N(C(=C)c1ccc(C(F)(F)F)cc1OCC)C(=O)N1CCC(NC(=O)CCCCOC)CC1.CC.CCCOC. The maximum Gasteiger partial charge on any atom is 0.416 e. The minimum atomic E-state index is -4.61. The molecule has 0 aromatic heterocycles. The molecule has 3 amide bonds. The predicted molar refractivity (Wildman–Crippen MR) is 234 cm³/mol. The van der Waals surface area contributed by atoms with E-state index in [4.69, 9.17) is 25.8 Å². The molecule has 3 rings (SSSR count). The number of nitrogens with zero attached hydrogens (tertiary/aromatic N) is 2. The molecule has 1 saturated heterocycles. The van der Waals surface area contributed by atoms with Crippen molar-refractivity contribution in [1.82, 2.24) is 15.1 Å². The molecule has 0 bridgehead atoms. The Balaban J connectivity index is 0.00000230. The summed E-state index contributed by atoms with van der Waals surface area (Å²) in [6.45, 7) is 21.9. The zero-order valence-electron chi connectivity index (χ0n) is 36.3. The van der Waals surface area contributed by atoms with Crippen molar-refractivity contribution in [3.05, 3.63) is 101 Å². The molecule has 2 N–H and O–H groups in total. The van der Waals surface area contributed by atoms with Crippen LogP contribution in [0.3, 0.4) is 0 Å². The van der Waals surface area contributed by atoms with Gasteiger partial charge in [0.25, 0.3) is 0 Å². The van der Waals surface area contributed by atoms with E-state index < -0.39 is 23.8 Å². The molecular formula is C46H67ClF3N3O6. The predicted octanol–water partition coefficient (Wildman–Crippen LogP) is 11.5. The van der Waals surface area contributed by atoms with Crippen molar-refractivity contribution < 1.29 is 42.1 Å². The normalized spacial score (nSPS) is 14.3. The van der Waals surface area contributed by atoms with Gasteiger partial charge in [0, 0.05) is 75.2 Å². The van der Waals surface area contributed by atoms with Gasteiger partial charge in [-0.1, -0.05) is 76.7 Å². The molecule has 0 spiro atoms. The van der Waals surface area contributed by atoms with Gasteiger partial charge < -0.3 is 29.5 Å². The van der Waals surface area contributed by atoms with Gasteiger partial charge in [0.15, 0.2) is 0 Å². The second-order valence-electron chi connectivity index (χ2n) is 13.8. The van der Waals surface area contributed by atoms with Crippen molar-refractivity contribution >= 4 is 29.2 Å². The lowest BCUT2D eigenvalue weighted by atomic mass is 9.84. The average Bonchev–Trinajstić information content (AvgIpc) is 3.21. The third-order valence-corrected chi connectivity index (χ3v) is 9.66. The van der Waals surface area contributed by atoms with E-state index in [1.54, 1.807) is 61.3 Å². The number of phenolic OH excluding ortho intramolecular Hbond substituents is 1. The first kappa shape index (κ1) is 52.8. The number of urea groups is 1. The molecule has 9 nitrogen and oxygen atoms in total. The van der Waals surface area contributed by atoms with Gasteiger partial charge in [-0.15, -0.1) is 0 Å². The minimum Gasteiger partial charge on any atom is -0.508 e. The molecule has 0 aliphatic carbocycles. The van der Waals surface area contributed by atoms with Crippen LogP contribution in [-0.2, 0) is 20.4 Å². The summed E-state index contributed by atoms with van der Waals surface area (Å²) in [6, 6.07) is 8.67. The molecule has 13 heteroatoms. The Labute approximate surface area is 355 Å². The zero-order valence-corrected chi connectivity index (χ0v) is 37.1. The van der Waals surface area contributed by atoms with Gasteiger partial charge in [0.1, 0.15) is 11.5 Å². The maximum absolute atomic E-state index is 14.9. The highest BCUT2D eigenvalue weighted by molar-refractivity contribution is 6.30. The number of hydrogen-bond acceptors (Lipinski definition) is 6. The van der Waals surface area contributed by atoms with Crippen LogP contribution in [0, 0.1) is 0 Å². The largest absolute Gasteiger partial charge is 0.508 e. The van der Waals surface area contributed by atoms with Crippen molar-refractivity contribution in [3.8, 4) is 11.5 Å². The van der Waals surface area contributed by atoms with E-state index in [1.807, 2.05) is 39.8 Å². The van der Waals surface area contributed by atoms with Crippen LogP contribution in [0.5, 0.6) is 11.5 Å². The fraction of sp³-hybridized carbons (Fsp3) is 0.522. The number of aromatic hydroxyl groups is 1. The highest BCUT2D eigenvalue weighted by atomic mass is 35.5. The molecule has 1 heterocycles. The lowest BCUT2D eigenvalue weighted by Gasteiger charge is -2.43. The van der Waals surface area contributed by atoms with Crippen molar-refractivity contribution in [2.24, 2.45) is 0 Å². The molecule has 2 atom stereocenters. The molecule has 59 heavy (non-hydrogen) atoms. The summed E-state index contributed by atoms with van der Waals surface area (Å²) >= 11 is 6.04. The number of hydrogen-bond donors (Lipinski definition) is 2. The van der Waals surface area contributed by atoms with Crippen LogP contribution in [0.25, 0.3) is 5.70 Å². The number of likely N-dealkylation sites (tertiary alicyclic amines) is 1. The molecule has 1 fully saturated rings. The highest BCUT2D eigenvalue weighted by Gasteiger charge is 2.39. The number of allylic oxidation sites excluding steroid dienone is 4. The number of halogens is 4. The molecule has 2 aromatic carbocycles. The van der Waals surface area contributed by atoms with Crippen molar-refractivity contribution in [2.75, 3.05) is 47.1 Å². The summed E-state index contributed by atoms with van der Waals surface area (Å²) < 4.78 is 57.0. The molecule has 2 unspecified atom stereocenters. The van der Waals surface area contributed by atoms with E-state index in [1.165, 1.54) is 6.07 Å². The van der Waals surface area contributed by atoms with Gasteiger partial charge in [-0.2, -0.15) is 13.2 Å². The van der Waals surface area contributed by atoms with Gasteiger partial charge in [-0.3, -0.25) is 9.69 Å². The Morgan fingerprint density at radius 1 is 1.03 bits per heavy atom. The number of nitrogens with one attached hydrogen (secondary N) is 1. The number of phenols is 1. The number of rotatable bonds is 19. The zero-order chi connectivity index (χ0) is 44.5. The summed E-state index contributed by atoms with van der Waals surface area (Å²) in [5.74, 6) is -0.408. The van der Waals surface area contributed by atoms with Crippen LogP contribution in [0.15, 0.2) is 84.5 Å². The number of unbranched alkanes of at least 4 members (excludes halogenated alkanes) is 1. The van der Waals surface area contributed by atoms with E-state index >= 15 is 0 Å². The fourth-order valence-corrected chi connectivity index (χ4v) is 6.64. The Hall–Kier alpha value is -4.26. The van der Waals surface area contributed by atoms with E-state index in [0.717, 1.165) is 42.7 Å².